The molecule has 0 bridgehead atoms. The number of rotatable bonds is 36. The third kappa shape index (κ3) is 43.2. The van der Waals surface area contributed by atoms with Gasteiger partial charge >= 0.3 is 11.6 Å². The lowest BCUT2D eigenvalue weighted by Crippen LogP contribution is -2.61. The van der Waals surface area contributed by atoms with Gasteiger partial charge in [-0.25, -0.2) is 9.59 Å². The molecule has 15 N–H and O–H groups in total. The predicted octanol–water partition coefficient (Wildman–Crippen LogP) is 23.7. The van der Waals surface area contributed by atoms with Gasteiger partial charge in [0, 0.05) is 87.5 Å². The quantitative estimate of drug-likeness (QED) is 0.0162. The van der Waals surface area contributed by atoms with Crippen LogP contribution in [0.2, 0.25) is 0 Å². The molecule has 9 aromatic carbocycles. The second kappa shape index (κ2) is 60.7. The third-order valence-electron chi connectivity index (χ3n) is 22.6. The fourth-order valence-electron chi connectivity index (χ4n) is 15.8. The van der Waals surface area contributed by atoms with E-state index in [0.717, 1.165) is 78.1 Å². The molecule has 10 aromatic rings. The van der Waals surface area contributed by atoms with Gasteiger partial charge in [-0.2, -0.15) is 0 Å². The Morgan fingerprint density at radius 2 is 0.688 bits per heavy atom. The maximum absolute atomic E-state index is 12.2. The van der Waals surface area contributed by atoms with E-state index in [0.29, 0.717) is 76.8 Å². The number of benzene rings is 9. The Bertz CT molecular complexity index is 5420. The van der Waals surface area contributed by atoms with E-state index in [-0.39, 0.29) is 40.8 Å². The fraction of sp³-hybridized carbons (Fsp3) is 0.500. The third-order valence-corrected chi connectivity index (χ3v) is 22.6. The van der Waals surface area contributed by atoms with Crippen molar-refractivity contribution in [3.05, 3.63) is 250 Å². The van der Waals surface area contributed by atoms with Crippen molar-refractivity contribution in [2.75, 3.05) is 43.8 Å². The summed E-state index contributed by atoms with van der Waals surface area (Å²) in [6.45, 7) is 58.4. The van der Waals surface area contributed by atoms with Gasteiger partial charge in [0.2, 0.25) is 24.4 Å². The Morgan fingerprint density at radius 3 is 1.10 bits per heavy atom. The Hall–Kier alpha value is -11.2. The number of aliphatic hydroxyl groups is 7. The molecule has 0 saturated carbocycles. The monoisotopic (exact) mass is 1980 g/mol. The predicted molar refractivity (Wildman–Crippen MR) is 594 cm³/mol. The molecule has 10 atom stereocenters. The van der Waals surface area contributed by atoms with Crippen LogP contribution < -0.4 is 52.3 Å². The summed E-state index contributed by atoms with van der Waals surface area (Å²) in [7, 11) is 0. The van der Waals surface area contributed by atoms with Crippen LogP contribution in [0.3, 0.4) is 0 Å². The summed E-state index contributed by atoms with van der Waals surface area (Å²) in [6, 6.07) is 68.9. The molecule has 24 nitrogen and oxygen atoms in total. The van der Waals surface area contributed by atoms with Crippen LogP contribution in [-0.4, -0.2) is 157 Å². The molecule has 0 unspecified atom stereocenters. The van der Waals surface area contributed by atoms with E-state index < -0.39 is 74.0 Å². The summed E-state index contributed by atoms with van der Waals surface area (Å²) in [4.78, 5) is 47.6. The highest BCUT2D eigenvalue weighted by molar-refractivity contribution is 5.94. The Morgan fingerprint density at radius 1 is 0.347 bits per heavy atom. The molecule has 3 heterocycles. The largest absolute Gasteiger partial charge is 0.479 e. The van der Waals surface area contributed by atoms with E-state index >= 15 is 0 Å². The second-order valence-corrected chi connectivity index (χ2v) is 43.0. The molecule has 24 heteroatoms. The number of carbonyl (C=O) groups is 3. The van der Waals surface area contributed by atoms with Crippen molar-refractivity contribution in [3.8, 4) is 22.6 Å². The van der Waals surface area contributed by atoms with Gasteiger partial charge in [0.05, 0.1) is 18.0 Å². The minimum atomic E-state index is -1.81. The maximum Gasteiger partial charge on any atom is 0.339 e. The number of carboxylic acid groups (broad SMARTS) is 1. The molecule has 0 radical (unpaired) electrons. The normalized spacial score (nSPS) is 17.7. The van der Waals surface area contributed by atoms with Crippen molar-refractivity contribution in [2.45, 2.75) is 330 Å². The van der Waals surface area contributed by atoms with Crippen molar-refractivity contribution < 1.29 is 78.6 Å². The number of nitrogens with one attached hydrogen (secondary N) is 7. The van der Waals surface area contributed by atoms with Crippen LogP contribution in [-0.2, 0) is 62.4 Å². The second-order valence-electron chi connectivity index (χ2n) is 43.0. The number of aliphatic carboxylic acids is 1. The van der Waals surface area contributed by atoms with Crippen LogP contribution in [0.5, 0.6) is 11.5 Å². The van der Waals surface area contributed by atoms with Crippen molar-refractivity contribution in [1.29, 1.82) is 0 Å². The summed E-state index contributed by atoms with van der Waals surface area (Å²) < 4.78 is 27.3. The highest BCUT2D eigenvalue weighted by atomic mass is 16.7. The number of fused-ring (bicyclic) bond motifs is 2. The lowest BCUT2D eigenvalue weighted by atomic mass is 9.99. The average Bonchev–Trinajstić information content (AvgIpc) is 0.830. The average molecular weight is 1990 g/mol. The Labute approximate surface area is 858 Å². The van der Waals surface area contributed by atoms with Gasteiger partial charge in [0.15, 0.2) is 6.10 Å². The van der Waals surface area contributed by atoms with E-state index in [9.17, 15) is 54.9 Å². The number of ether oxygens (including phenoxy) is 4. The van der Waals surface area contributed by atoms with Crippen LogP contribution in [0, 0.1) is 53.3 Å². The minimum absolute atomic E-state index is 0.142. The van der Waals surface area contributed by atoms with Crippen molar-refractivity contribution in [3.63, 3.8) is 0 Å². The molecule has 2 aliphatic heterocycles. The molecule has 2 amide bonds. The molecule has 2 aliphatic rings. The molecule has 790 valence electrons. The number of amides is 2. The number of anilines is 7. The SMILES string of the molecule is CC(C)C/C=C/c1ccc(NC(C)C)cc1.CC(C)Cc1cc2ccc(NC(C)C)cc2oc1=O.CC(C)Cc1ccc(-c2ccc(NC(C)C)cc2)cc1.CC(C)Cc1ccc(NC(C)C)cc1.CC(C)Cc1ccc(O[C@@H]2O[C@H](C(=O)O)[C@@H](O)[C@H](O)[C@H]2O)c(NC(=O)C(C)C)c1.CC(C)Cc1ccc(O[C@@H]2O[C@H](CO)[C@@H](O)[C@H](O)[C@H]2O)c(NC(=O)C(C)C)c1.CC(C)Cc1ccc2cc(NC(C)C)ccc2c1. The standard InChI is InChI=1S/C20H29NO8.C20H31NO7.C19H25N.C17H23N.C16H21NO2.C15H23N.C13H21N/c1-9(2)7-11-5-6-13(12(8-11)21-18(25)10(3)4)28-20-16(24)14(22)15(23)17(29-20)19(26)27;1-10(2)7-12-5-6-14(13(8-12)21-19(26)11(3)4)27-20-18(25)17(24)16(23)15(9-22)28-20;1-14(2)13-16-5-7-17(8-6-16)18-9-11-19(12-10-18)20-15(3)4;1-12(2)9-14-5-6-16-11-17(18-13(3)4)8-7-15(16)10-14;1-10(2)7-13-8-12-5-6-14(17-11(3)4)9-15(12)19-16(13)18;1-12(2)6-5-7-14-8-10-15(11-9-14)16-13(3)4;1-10(2)9-12-5-7-13(8-6-12)14-11(3)4/h5-6,8-10,14-17,20,22-24H,7H2,1-4H3,(H,21,25)(H,26,27);5-6,8,10-11,15-18,20,22-25H,7,9H2,1-4H3,(H,21,26);5-12,14-15,20H,13H2,1-4H3;5-8,10-13,18H,9H2,1-4H3;5-6,8-11,17H,7H2,1-4H3;5,7-13,16H,6H2,1-4H3;5-8,10-11,14H,9H2,1-4H3/b;;;;;7-5+;/t14-,15-,16+,17-,20+;15-,16-,17+,18-,20-;;;;;/m01...../s1. The molecule has 0 aliphatic carbocycles. The van der Waals surface area contributed by atoms with E-state index in [1.54, 1.807) is 58.0 Å². The van der Waals surface area contributed by atoms with Gasteiger partial charge in [0.1, 0.15) is 59.8 Å². The van der Waals surface area contributed by atoms with E-state index in [4.69, 9.17) is 28.5 Å². The summed E-state index contributed by atoms with van der Waals surface area (Å²) >= 11 is 0. The number of aliphatic hydroxyl groups excluding tert-OH is 7. The molecule has 2 saturated heterocycles. The van der Waals surface area contributed by atoms with Gasteiger partial charge in [-0.1, -0.05) is 234 Å². The molecule has 1 aromatic heterocycles. The topological polar surface area (TPSA) is 364 Å². The van der Waals surface area contributed by atoms with Crippen molar-refractivity contribution >= 4 is 85.4 Å². The maximum atomic E-state index is 12.2. The summed E-state index contributed by atoms with van der Waals surface area (Å²) in [5.74, 6) is 2.06. The minimum Gasteiger partial charge on any atom is -0.479 e. The fourth-order valence-corrected chi connectivity index (χ4v) is 15.8. The lowest BCUT2D eigenvalue weighted by molar-refractivity contribution is -0.277. The van der Waals surface area contributed by atoms with Crippen LogP contribution in [0.4, 0.5) is 39.8 Å². The van der Waals surface area contributed by atoms with Crippen molar-refractivity contribution in [2.24, 2.45) is 53.3 Å². The number of carboxylic acids is 1. The number of allylic oxidation sites excluding steroid dienone is 1. The summed E-state index contributed by atoms with van der Waals surface area (Å²) in [5, 5.41) is 105. The molecule has 2 fully saturated rings. The van der Waals surface area contributed by atoms with Gasteiger partial charge in [0.25, 0.3) is 0 Å². The first-order valence-corrected chi connectivity index (χ1v) is 51.7. The highest BCUT2D eigenvalue weighted by Crippen LogP contribution is 2.36. The molecule has 0 spiro atoms. The van der Waals surface area contributed by atoms with Crippen LogP contribution in [0.25, 0.3) is 38.9 Å². The van der Waals surface area contributed by atoms with E-state index in [2.05, 4.69) is 349 Å². The van der Waals surface area contributed by atoms with Gasteiger partial charge < -0.3 is 101 Å². The first-order valence-electron chi connectivity index (χ1n) is 51.7. The zero-order valence-electron chi connectivity index (χ0n) is 90.9. The molecule has 12 rings (SSSR count). The zero-order valence-corrected chi connectivity index (χ0v) is 90.9. The van der Waals surface area contributed by atoms with Crippen LogP contribution in [0.15, 0.2) is 209 Å². The zero-order chi connectivity index (χ0) is 107. The van der Waals surface area contributed by atoms with Gasteiger partial charge in [-0.15, -0.1) is 0 Å². The number of hydrogen-bond donors (Lipinski definition) is 15. The Kier molecular flexibility index (Phi) is 51.2. The smallest absolute Gasteiger partial charge is 0.339 e. The highest BCUT2D eigenvalue weighted by Gasteiger charge is 2.49. The summed E-state index contributed by atoms with van der Waals surface area (Å²) in [5.41, 5.74) is 17.8. The molecule has 144 heavy (non-hydrogen) atoms. The van der Waals surface area contributed by atoms with Crippen molar-refractivity contribution in [1.82, 2.24) is 0 Å². The lowest BCUT2D eigenvalue weighted by Gasteiger charge is -2.39. The van der Waals surface area contributed by atoms with Gasteiger partial charge in [-0.3, -0.25) is 9.59 Å². The van der Waals surface area contributed by atoms with Crippen LogP contribution in [0.1, 0.15) is 239 Å². The number of hydrogen-bond acceptors (Lipinski definition) is 21. The van der Waals surface area contributed by atoms with E-state index in [1.807, 2.05) is 30.3 Å². The first-order chi connectivity index (χ1) is 67.8. The van der Waals surface area contributed by atoms with Gasteiger partial charge in [-0.05, 0) is 302 Å². The molecular weight excluding hydrogens is 1810 g/mol. The number of carbonyl (C=O) groups excluding carboxylic acids is 2. The first kappa shape index (κ1) is 122. The Balaban J connectivity index is 0.000000260. The van der Waals surface area contributed by atoms with Crippen LogP contribution >= 0.6 is 0 Å². The summed E-state index contributed by atoms with van der Waals surface area (Å²) in [6.07, 6.45) is -4.13. The molecular formula is C120H173N7O17. The van der Waals surface area contributed by atoms with E-state index in [1.165, 1.54) is 73.3 Å².